The molecule has 52 heavy (non-hydrogen) atoms. The van der Waals surface area contributed by atoms with Crippen LogP contribution in [0, 0.1) is 5.92 Å². The third-order valence-electron chi connectivity index (χ3n) is 7.63. The molecule has 1 N–H and O–H groups in total. The minimum atomic E-state index is -8.00. The molecule has 0 aliphatic heterocycles. The van der Waals surface area contributed by atoms with Crippen LogP contribution in [0.3, 0.4) is 0 Å². The van der Waals surface area contributed by atoms with Gasteiger partial charge < -0.3 is 14.8 Å². The number of hydrogen-bond donors (Lipinski definition) is 1. The van der Waals surface area contributed by atoms with Gasteiger partial charge in [0.15, 0.2) is 0 Å². The number of rotatable bonds is 12. The Kier molecular flexibility index (Phi) is 13.1. The van der Waals surface area contributed by atoms with Crippen molar-refractivity contribution < 1.29 is 76.1 Å². The third kappa shape index (κ3) is 9.49. The zero-order valence-electron chi connectivity index (χ0n) is 30.7. The van der Waals surface area contributed by atoms with Gasteiger partial charge in [-0.25, -0.2) is 4.79 Å². The molecule has 1 aromatic carbocycles. The molecule has 0 aromatic heterocycles. The second kappa shape index (κ2) is 14.6. The van der Waals surface area contributed by atoms with Gasteiger partial charge in [0.1, 0.15) is 17.4 Å². The van der Waals surface area contributed by atoms with Crippen LogP contribution >= 0.6 is 0 Å². The van der Waals surface area contributed by atoms with Crippen molar-refractivity contribution in [2.24, 2.45) is 5.92 Å². The summed E-state index contributed by atoms with van der Waals surface area (Å²) in [6.07, 6.45) is -10.9. The number of nitrogens with zero attached hydrogens (tertiary/aromatic N) is 1. The smallest absolute Gasteiger partial charge is 0.460 e. The second-order valence-corrected chi connectivity index (χ2v) is 15.8. The number of alkyl halides is 13. The standard InChI is InChI=1S/C33H45F13N2O4/c1-17(2)21(48(12)24(50)52-27(9,10)11)23(49)47-18-15-19(25(3,4)5)22(20(16-18)26(6,7)8)51-14-13-28(34,35)29(36,37)30(38,39)31(40,41)32(42,43)33(44,45)46/h15-17,21H,13-14H2,1-12H3,(H,47,49)/t21-/m0/s1. The van der Waals surface area contributed by atoms with Crippen LogP contribution in [0.25, 0.3) is 0 Å². The first-order valence-electron chi connectivity index (χ1n) is 15.7. The summed E-state index contributed by atoms with van der Waals surface area (Å²) in [5.41, 5.74) is -2.59. The molecular formula is C33H45F13N2O4. The van der Waals surface area contributed by atoms with E-state index in [4.69, 9.17) is 9.47 Å². The van der Waals surface area contributed by atoms with Crippen LogP contribution < -0.4 is 10.1 Å². The number of amides is 2. The molecule has 2 amide bonds. The van der Waals surface area contributed by atoms with Gasteiger partial charge in [-0.3, -0.25) is 9.69 Å². The van der Waals surface area contributed by atoms with E-state index in [1.165, 1.54) is 19.2 Å². The van der Waals surface area contributed by atoms with E-state index in [0.717, 1.165) is 4.90 Å². The Labute approximate surface area is 293 Å². The number of anilines is 1. The Morgan fingerprint density at radius 2 is 1.10 bits per heavy atom. The van der Waals surface area contributed by atoms with E-state index in [1.807, 2.05) is 0 Å². The highest BCUT2D eigenvalue weighted by Gasteiger charge is 2.90. The first kappa shape index (κ1) is 46.9. The molecule has 0 fully saturated rings. The van der Waals surface area contributed by atoms with Crippen molar-refractivity contribution >= 4 is 17.7 Å². The molecule has 0 saturated heterocycles. The molecule has 1 rings (SSSR count). The van der Waals surface area contributed by atoms with Crippen molar-refractivity contribution in [2.45, 2.75) is 141 Å². The highest BCUT2D eigenvalue weighted by molar-refractivity contribution is 5.97. The van der Waals surface area contributed by atoms with Crippen molar-refractivity contribution in [1.82, 2.24) is 4.90 Å². The van der Waals surface area contributed by atoms with Crippen molar-refractivity contribution in [3.05, 3.63) is 23.3 Å². The van der Waals surface area contributed by atoms with Gasteiger partial charge in [0, 0.05) is 23.9 Å². The normalized spacial score (nSPS) is 15.0. The van der Waals surface area contributed by atoms with Crippen molar-refractivity contribution in [3.63, 3.8) is 0 Å². The maximum Gasteiger partial charge on any atom is 0.460 e. The van der Waals surface area contributed by atoms with Crippen LogP contribution in [0.15, 0.2) is 12.1 Å². The summed E-state index contributed by atoms with van der Waals surface area (Å²) in [5, 5.41) is 2.67. The number of hydrogen-bond acceptors (Lipinski definition) is 4. The van der Waals surface area contributed by atoms with Crippen molar-refractivity contribution in [1.29, 1.82) is 0 Å². The Balaban J connectivity index is 3.63. The lowest BCUT2D eigenvalue weighted by molar-refractivity contribution is -0.440. The van der Waals surface area contributed by atoms with Gasteiger partial charge in [0.2, 0.25) is 5.91 Å². The highest BCUT2D eigenvalue weighted by Crippen LogP contribution is 2.60. The fourth-order valence-corrected chi connectivity index (χ4v) is 4.80. The summed E-state index contributed by atoms with van der Waals surface area (Å²) in [7, 11) is 1.34. The Morgan fingerprint density at radius 1 is 0.692 bits per heavy atom. The number of likely N-dealkylation sites (N-methyl/N-ethyl adjacent to an activating group) is 1. The number of carbonyl (C=O) groups is 2. The molecule has 0 unspecified atom stereocenters. The van der Waals surface area contributed by atoms with Gasteiger partial charge in [-0.05, 0) is 49.7 Å². The van der Waals surface area contributed by atoms with Crippen LogP contribution in [0.1, 0.15) is 93.7 Å². The van der Waals surface area contributed by atoms with Gasteiger partial charge in [0.25, 0.3) is 0 Å². The first-order valence-corrected chi connectivity index (χ1v) is 15.7. The molecule has 302 valence electrons. The van der Waals surface area contributed by atoms with E-state index in [-0.39, 0.29) is 22.6 Å². The molecular weight excluding hydrogens is 735 g/mol. The summed E-state index contributed by atoms with van der Waals surface area (Å²) >= 11 is 0. The third-order valence-corrected chi connectivity index (χ3v) is 7.63. The van der Waals surface area contributed by atoms with Gasteiger partial charge >= 0.3 is 41.9 Å². The predicted molar refractivity (Wildman–Crippen MR) is 166 cm³/mol. The zero-order chi connectivity index (χ0) is 41.6. The average Bonchev–Trinajstić information content (AvgIpc) is 2.89. The van der Waals surface area contributed by atoms with Gasteiger partial charge in [-0.2, -0.15) is 57.1 Å². The van der Waals surface area contributed by atoms with E-state index in [9.17, 15) is 66.7 Å². The van der Waals surface area contributed by atoms with Crippen molar-refractivity contribution in [2.75, 3.05) is 19.0 Å². The topological polar surface area (TPSA) is 67.9 Å². The summed E-state index contributed by atoms with van der Waals surface area (Å²) in [5.74, 6) is -38.9. The minimum Gasteiger partial charge on any atom is -0.493 e. The lowest BCUT2D eigenvalue weighted by Gasteiger charge is -2.39. The van der Waals surface area contributed by atoms with E-state index < -0.39 is 89.2 Å². The number of halogens is 13. The molecule has 19 heteroatoms. The molecule has 0 heterocycles. The minimum absolute atomic E-state index is 0.0831. The van der Waals surface area contributed by atoms with Gasteiger partial charge in [0.05, 0.1) is 13.0 Å². The molecule has 0 radical (unpaired) electrons. The molecule has 0 bridgehead atoms. The maximum atomic E-state index is 14.6. The fourth-order valence-electron chi connectivity index (χ4n) is 4.80. The molecule has 6 nitrogen and oxygen atoms in total. The molecule has 1 aromatic rings. The highest BCUT2D eigenvalue weighted by atomic mass is 19.4. The van der Waals surface area contributed by atoms with E-state index in [2.05, 4.69) is 5.32 Å². The molecule has 0 aliphatic rings. The second-order valence-electron chi connectivity index (χ2n) is 15.8. The maximum absolute atomic E-state index is 14.6. The number of benzene rings is 1. The lowest BCUT2D eigenvalue weighted by atomic mass is 9.79. The van der Waals surface area contributed by atoms with Crippen LogP contribution in [0.5, 0.6) is 5.75 Å². The average molecular weight is 781 g/mol. The van der Waals surface area contributed by atoms with Crippen molar-refractivity contribution in [3.8, 4) is 5.75 Å². The van der Waals surface area contributed by atoms with Crippen LogP contribution in [-0.4, -0.2) is 78.0 Å². The summed E-state index contributed by atoms with van der Waals surface area (Å²) in [6, 6.07) is 1.54. The predicted octanol–water partition coefficient (Wildman–Crippen LogP) is 10.6. The molecule has 0 spiro atoms. The van der Waals surface area contributed by atoms with E-state index >= 15 is 0 Å². The summed E-state index contributed by atoms with van der Waals surface area (Å²) < 4.78 is 188. The zero-order valence-corrected chi connectivity index (χ0v) is 30.7. The van der Waals surface area contributed by atoms with E-state index in [1.54, 1.807) is 76.2 Å². The number of ether oxygens (including phenoxy) is 2. The molecule has 0 saturated carbocycles. The Morgan fingerprint density at radius 3 is 1.44 bits per heavy atom. The lowest BCUT2D eigenvalue weighted by Crippen LogP contribution is -2.70. The first-order chi connectivity index (χ1) is 22.7. The summed E-state index contributed by atoms with van der Waals surface area (Å²) in [6.45, 7) is 16.0. The monoisotopic (exact) mass is 780 g/mol. The van der Waals surface area contributed by atoms with Crippen LogP contribution in [-0.2, 0) is 20.4 Å². The SMILES string of the molecule is CC(C)[C@@H](C(=O)Nc1cc(C(C)(C)C)c(OCCC(F)(F)C(F)(F)C(F)(F)C(F)(F)C(F)(F)C(F)(F)F)c(C(C)(C)C)c1)N(C)C(=O)OC(C)(C)C. The Hall–Kier alpha value is -3.15. The number of nitrogens with one attached hydrogen (secondary N) is 1. The largest absolute Gasteiger partial charge is 0.493 e. The molecule has 1 atom stereocenters. The van der Waals surface area contributed by atoms with E-state index in [0.29, 0.717) is 0 Å². The van der Waals surface area contributed by atoms with Gasteiger partial charge in [-0.15, -0.1) is 0 Å². The molecule has 0 aliphatic carbocycles. The summed E-state index contributed by atoms with van der Waals surface area (Å²) in [4.78, 5) is 27.4. The van der Waals surface area contributed by atoms with Crippen LogP contribution in [0.2, 0.25) is 0 Å². The fraction of sp³-hybridized carbons (Fsp3) is 0.758. The van der Waals surface area contributed by atoms with Gasteiger partial charge in [-0.1, -0.05) is 55.4 Å². The number of carbonyl (C=O) groups excluding carboxylic acids is 2. The quantitative estimate of drug-likeness (QED) is 0.215. The van der Waals surface area contributed by atoms with Crippen LogP contribution in [0.4, 0.5) is 67.6 Å². The Bertz CT molecular complexity index is 1400.